The molecule has 0 fully saturated rings. The number of pyridine rings is 1. The lowest BCUT2D eigenvalue weighted by Crippen LogP contribution is -2.09. The van der Waals surface area contributed by atoms with Gasteiger partial charge in [-0.1, -0.05) is 30.3 Å². The highest BCUT2D eigenvalue weighted by Crippen LogP contribution is 2.36. The molecule has 2 nitrogen and oxygen atoms in total. The van der Waals surface area contributed by atoms with Crippen LogP contribution in [0.25, 0.3) is 21.7 Å². The van der Waals surface area contributed by atoms with Crippen molar-refractivity contribution in [2.75, 3.05) is 0 Å². The molecule has 0 spiro atoms. The SMILES string of the molecule is CC(=O)c1ccc2c(C(F)(F)F)nc3ccccc3c2c1. The molecule has 0 N–H and O–H groups in total. The summed E-state index contributed by atoms with van der Waals surface area (Å²) in [5.74, 6) is -0.189. The number of benzene rings is 2. The number of aromatic nitrogens is 1. The molecule has 2 aromatic carbocycles. The van der Waals surface area contributed by atoms with Crippen molar-refractivity contribution in [3.05, 3.63) is 53.7 Å². The lowest BCUT2D eigenvalue weighted by Gasteiger charge is -2.12. The molecule has 3 aromatic rings. The normalized spacial score (nSPS) is 12.0. The van der Waals surface area contributed by atoms with Crippen LogP contribution < -0.4 is 0 Å². The quantitative estimate of drug-likeness (QED) is 0.483. The molecule has 0 amide bonds. The van der Waals surface area contributed by atoms with Gasteiger partial charge in [-0.2, -0.15) is 13.2 Å². The number of hydrogen-bond acceptors (Lipinski definition) is 2. The number of fused-ring (bicyclic) bond motifs is 3. The summed E-state index contributed by atoms with van der Waals surface area (Å²) in [7, 11) is 0. The first-order valence-electron chi connectivity index (χ1n) is 6.28. The number of halogens is 3. The van der Waals surface area contributed by atoms with E-state index in [0.717, 1.165) is 0 Å². The topological polar surface area (TPSA) is 30.0 Å². The van der Waals surface area contributed by atoms with E-state index in [9.17, 15) is 18.0 Å². The van der Waals surface area contributed by atoms with Crippen molar-refractivity contribution in [1.82, 2.24) is 4.98 Å². The zero-order valence-electron chi connectivity index (χ0n) is 11.0. The number of rotatable bonds is 1. The van der Waals surface area contributed by atoms with Crippen LogP contribution in [0, 0.1) is 0 Å². The van der Waals surface area contributed by atoms with Crippen molar-refractivity contribution in [2.45, 2.75) is 13.1 Å². The first-order chi connectivity index (χ1) is 9.88. The first-order valence-corrected chi connectivity index (χ1v) is 6.28. The van der Waals surface area contributed by atoms with Gasteiger partial charge in [0.2, 0.25) is 0 Å². The summed E-state index contributed by atoms with van der Waals surface area (Å²) in [6.07, 6.45) is -4.54. The molecular weight excluding hydrogens is 279 g/mol. The predicted octanol–water partition coefficient (Wildman–Crippen LogP) is 4.61. The Morgan fingerprint density at radius 1 is 1.00 bits per heavy atom. The minimum atomic E-state index is -4.54. The highest BCUT2D eigenvalue weighted by molar-refractivity contribution is 6.09. The molecule has 106 valence electrons. The predicted molar refractivity (Wildman–Crippen MR) is 74.3 cm³/mol. The lowest BCUT2D eigenvalue weighted by molar-refractivity contribution is -0.139. The molecule has 0 unspecified atom stereocenters. The molecule has 0 aliphatic heterocycles. The fourth-order valence-corrected chi connectivity index (χ4v) is 2.39. The van der Waals surface area contributed by atoms with Gasteiger partial charge in [0.1, 0.15) is 0 Å². The van der Waals surface area contributed by atoms with Crippen LogP contribution in [0.2, 0.25) is 0 Å². The van der Waals surface area contributed by atoms with E-state index < -0.39 is 11.9 Å². The molecular formula is C16H10F3NO. The molecule has 3 rings (SSSR count). The monoisotopic (exact) mass is 289 g/mol. The molecule has 1 aromatic heterocycles. The minimum absolute atomic E-state index is 0.00574. The Hall–Kier alpha value is -2.43. The van der Waals surface area contributed by atoms with Gasteiger partial charge in [0.25, 0.3) is 0 Å². The van der Waals surface area contributed by atoms with Gasteiger partial charge in [-0.15, -0.1) is 0 Å². The zero-order chi connectivity index (χ0) is 15.2. The number of hydrogen-bond donors (Lipinski definition) is 0. The lowest BCUT2D eigenvalue weighted by atomic mass is 10.00. The maximum atomic E-state index is 13.2. The smallest absolute Gasteiger partial charge is 0.295 e. The van der Waals surface area contributed by atoms with Gasteiger partial charge in [-0.3, -0.25) is 4.79 Å². The van der Waals surface area contributed by atoms with Crippen molar-refractivity contribution in [1.29, 1.82) is 0 Å². The van der Waals surface area contributed by atoms with E-state index >= 15 is 0 Å². The summed E-state index contributed by atoms with van der Waals surface area (Å²) in [5.41, 5.74) is -0.281. The Kier molecular flexibility index (Phi) is 2.93. The molecule has 0 aliphatic carbocycles. The first kappa shape index (κ1) is 13.5. The van der Waals surface area contributed by atoms with Crippen molar-refractivity contribution in [2.24, 2.45) is 0 Å². The maximum absolute atomic E-state index is 13.2. The van der Waals surface area contributed by atoms with Gasteiger partial charge in [0.05, 0.1) is 5.52 Å². The van der Waals surface area contributed by atoms with Crippen LogP contribution in [-0.2, 0) is 6.18 Å². The van der Waals surface area contributed by atoms with Gasteiger partial charge < -0.3 is 0 Å². The third-order valence-corrected chi connectivity index (χ3v) is 3.38. The molecule has 0 saturated carbocycles. The van der Waals surface area contributed by atoms with E-state index in [1.165, 1.54) is 31.2 Å². The largest absolute Gasteiger partial charge is 0.433 e. The number of Topliss-reactive ketones (excluding diaryl/α,β-unsaturated/α-hetero) is 1. The van der Waals surface area contributed by atoms with Crippen LogP contribution in [-0.4, -0.2) is 10.8 Å². The van der Waals surface area contributed by atoms with Gasteiger partial charge in [0, 0.05) is 16.3 Å². The summed E-state index contributed by atoms with van der Waals surface area (Å²) in [4.78, 5) is 15.2. The van der Waals surface area contributed by atoms with E-state index in [4.69, 9.17) is 0 Å². The van der Waals surface area contributed by atoms with Crippen LogP contribution in [0.5, 0.6) is 0 Å². The third-order valence-electron chi connectivity index (χ3n) is 3.38. The number of para-hydroxylation sites is 1. The van der Waals surface area contributed by atoms with Crippen LogP contribution in [0.15, 0.2) is 42.5 Å². The summed E-state index contributed by atoms with van der Waals surface area (Å²) >= 11 is 0. The highest BCUT2D eigenvalue weighted by atomic mass is 19.4. The Labute approximate surface area is 118 Å². The van der Waals surface area contributed by atoms with Gasteiger partial charge in [-0.05, 0) is 24.4 Å². The van der Waals surface area contributed by atoms with Gasteiger partial charge in [-0.25, -0.2) is 4.98 Å². The maximum Gasteiger partial charge on any atom is 0.433 e. The van der Waals surface area contributed by atoms with Crippen molar-refractivity contribution in [3.8, 4) is 0 Å². The average molecular weight is 289 g/mol. The molecule has 0 atom stereocenters. The Morgan fingerprint density at radius 2 is 1.71 bits per heavy atom. The van der Waals surface area contributed by atoms with Crippen LogP contribution >= 0.6 is 0 Å². The summed E-state index contributed by atoms with van der Waals surface area (Å²) < 4.78 is 39.5. The van der Waals surface area contributed by atoms with E-state index in [-0.39, 0.29) is 16.7 Å². The molecule has 0 radical (unpaired) electrons. The number of alkyl halides is 3. The number of ketones is 1. The number of carbonyl (C=O) groups is 1. The molecule has 21 heavy (non-hydrogen) atoms. The van der Waals surface area contributed by atoms with E-state index in [0.29, 0.717) is 16.3 Å². The Bertz CT molecular complexity index is 868. The molecule has 5 heteroatoms. The van der Waals surface area contributed by atoms with Gasteiger partial charge >= 0.3 is 6.18 Å². The van der Waals surface area contributed by atoms with Crippen LogP contribution in [0.3, 0.4) is 0 Å². The Balaban J connectivity index is 2.51. The molecule has 0 saturated heterocycles. The molecule has 0 aliphatic rings. The zero-order valence-corrected chi connectivity index (χ0v) is 11.0. The van der Waals surface area contributed by atoms with Gasteiger partial charge in [0.15, 0.2) is 11.5 Å². The van der Waals surface area contributed by atoms with E-state index in [1.54, 1.807) is 18.2 Å². The fraction of sp³-hybridized carbons (Fsp3) is 0.125. The average Bonchev–Trinajstić information content (AvgIpc) is 2.44. The van der Waals surface area contributed by atoms with Crippen LogP contribution in [0.4, 0.5) is 13.2 Å². The molecule has 1 heterocycles. The summed E-state index contributed by atoms with van der Waals surface area (Å²) in [6, 6.07) is 10.8. The fourth-order valence-electron chi connectivity index (χ4n) is 2.39. The second-order valence-corrected chi connectivity index (χ2v) is 4.79. The number of carbonyl (C=O) groups excluding carboxylic acids is 1. The summed E-state index contributed by atoms with van der Waals surface area (Å²) in [5, 5.41) is 0.996. The van der Waals surface area contributed by atoms with Crippen molar-refractivity contribution >= 4 is 27.5 Å². The van der Waals surface area contributed by atoms with Crippen LogP contribution in [0.1, 0.15) is 23.0 Å². The highest BCUT2D eigenvalue weighted by Gasteiger charge is 2.35. The summed E-state index contributed by atoms with van der Waals surface area (Å²) in [6.45, 7) is 1.38. The number of nitrogens with zero attached hydrogens (tertiary/aromatic N) is 1. The minimum Gasteiger partial charge on any atom is -0.295 e. The second-order valence-electron chi connectivity index (χ2n) is 4.79. The van der Waals surface area contributed by atoms with E-state index in [1.807, 2.05) is 0 Å². The Morgan fingerprint density at radius 3 is 2.38 bits per heavy atom. The van der Waals surface area contributed by atoms with Crippen molar-refractivity contribution in [3.63, 3.8) is 0 Å². The van der Waals surface area contributed by atoms with E-state index in [2.05, 4.69) is 4.98 Å². The third kappa shape index (κ3) is 2.24. The standard InChI is InChI=1S/C16H10F3NO/c1-9(21)10-6-7-12-13(8-10)11-4-2-3-5-14(11)20-15(12)16(17,18)19/h2-8H,1H3. The van der Waals surface area contributed by atoms with Crippen molar-refractivity contribution < 1.29 is 18.0 Å². The second kappa shape index (κ2) is 4.55. The molecule has 0 bridgehead atoms.